The number of guanidine groups is 1. The van der Waals surface area contributed by atoms with E-state index in [1.807, 2.05) is 50.8 Å². The zero-order valence-corrected chi connectivity index (χ0v) is 17.7. The fourth-order valence-corrected chi connectivity index (χ4v) is 2.39. The number of aliphatic imine (C=N–C) groups is 1. The molecule has 0 radical (unpaired) electrons. The number of halogens is 1. The van der Waals surface area contributed by atoms with Crippen LogP contribution in [-0.4, -0.2) is 58.6 Å². The SMILES string of the molecule is Cc1cccc(CN=C(N)N2CCN(C(=O)OC(C)(C)C)CC2)n1.I. The maximum Gasteiger partial charge on any atom is 0.410 e. The molecule has 1 saturated heterocycles. The fourth-order valence-electron chi connectivity index (χ4n) is 2.39. The van der Waals surface area contributed by atoms with Crippen LogP contribution in [0.25, 0.3) is 0 Å². The first kappa shape index (κ1) is 21.5. The average molecular weight is 461 g/mol. The number of amides is 1. The molecule has 1 fully saturated rings. The van der Waals surface area contributed by atoms with E-state index in [0.29, 0.717) is 38.7 Å². The van der Waals surface area contributed by atoms with E-state index in [9.17, 15) is 4.79 Å². The Kier molecular flexibility index (Phi) is 7.91. The van der Waals surface area contributed by atoms with Gasteiger partial charge in [0.05, 0.1) is 12.2 Å². The molecule has 1 aliphatic rings. The molecule has 0 spiro atoms. The van der Waals surface area contributed by atoms with Gasteiger partial charge in [-0.3, -0.25) is 4.98 Å². The van der Waals surface area contributed by atoms with Crippen LogP contribution in [0.5, 0.6) is 0 Å². The molecule has 25 heavy (non-hydrogen) atoms. The topological polar surface area (TPSA) is 84.0 Å². The molecular weight excluding hydrogens is 433 g/mol. The lowest BCUT2D eigenvalue weighted by molar-refractivity contribution is 0.0186. The van der Waals surface area contributed by atoms with Gasteiger partial charge < -0.3 is 20.3 Å². The van der Waals surface area contributed by atoms with Crippen LogP contribution >= 0.6 is 24.0 Å². The second-order valence-corrected chi connectivity index (χ2v) is 6.90. The third kappa shape index (κ3) is 7.05. The summed E-state index contributed by atoms with van der Waals surface area (Å²) in [7, 11) is 0. The smallest absolute Gasteiger partial charge is 0.410 e. The largest absolute Gasteiger partial charge is 0.444 e. The maximum absolute atomic E-state index is 12.0. The van der Waals surface area contributed by atoms with Crippen LogP contribution in [0.2, 0.25) is 0 Å². The molecule has 0 unspecified atom stereocenters. The predicted molar refractivity (Wildman–Crippen MR) is 109 cm³/mol. The van der Waals surface area contributed by atoms with Gasteiger partial charge in [-0.15, -0.1) is 24.0 Å². The number of carbonyl (C=O) groups is 1. The highest BCUT2D eigenvalue weighted by Crippen LogP contribution is 2.12. The van der Waals surface area contributed by atoms with Crippen LogP contribution in [0.3, 0.4) is 0 Å². The van der Waals surface area contributed by atoms with Crippen molar-refractivity contribution in [2.45, 2.75) is 39.8 Å². The second kappa shape index (κ2) is 9.21. The van der Waals surface area contributed by atoms with Crippen molar-refractivity contribution in [3.8, 4) is 0 Å². The summed E-state index contributed by atoms with van der Waals surface area (Å²) < 4.78 is 5.39. The van der Waals surface area contributed by atoms with Crippen molar-refractivity contribution in [2.75, 3.05) is 26.2 Å². The normalized spacial score (nSPS) is 15.6. The van der Waals surface area contributed by atoms with E-state index in [1.165, 1.54) is 0 Å². The first-order valence-corrected chi connectivity index (χ1v) is 8.20. The Labute approximate surface area is 166 Å². The summed E-state index contributed by atoms with van der Waals surface area (Å²) in [5.74, 6) is 0.488. The zero-order chi connectivity index (χ0) is 17.7. The van der Waals surface area contributed by atoms with Crippen LogP contribution in [0.4, 0.5) is 4.79 Å². The van der Waals surface area contributed by atoms with Gasteiger partial charge in [-0.2, -0.15) is 0 Å². The van der Waals surface area contributed by atoms with Crippen molar-refractivity contribution in [1.82, 2.24) is 14.8 Å². The minimum absolute atomic E-state index is 0. The van der Waals surface area contributed by atoms with E-state index in [2.05, 4.69) is 9.98 Å². The first-order chi connectivity index (χ1) is 11.2. The molecule has 8 heteroatoms. The molecule has 2 rings (SSSR count). The van der Waals surface area contributed by atoms with Crippen molar-refractivity contribution in [3.05, 3.63) is 29.6 Å². The lowest BCUT2D eigenvalue weighted by Crippen LogP contribution is -2.53. The molecule has 0 atom stereocenters. The van der Waals surface area contributed by atoms with E-state index in [1.54, 1.807) is 4.90 Å². The average Bonchev–Trinajstić information content (AvgIpc) is 2.51. The molecule has 2 N–H and O–H groups in total. The van der Waals surface area contributed by atoms with Crippen molar-refractivity contribution in [1.29, 1.82) is 0 Å². The predicted octanol–water partition coefficient (Wildman–Crippen LogP) is 2.38. The van der Waals surface area contributed by atoms with E-state index in [-0.39, 0.29) is 30.1 Å². The van der Waals surface area contributed by atoms with Gasteiger partial charge in [0.2, 0.25) is 0 Å². The molecule has 1 aliphatic heterocycles. The fraction of sp³-hybridized carbons (Fsp3) is 0.588. The van der Waals surface area contributed by atoms with Gasteiger partial charge in [-0.25, -0.2) is 9.79 Å². The molecule has 1 aromatic rings. The monoisotopic (exact) mass is 461 g/mol. The third-order valence-electron chi connectivity index (χ3n) is 3.60. The summed E-state index contributed by atoms with van der Waals surface area (Å²) >= 11 is 0. The van der Waals surface area contributed by atoms with E-state index >= 15 is 0 Å². The van der Waals surface area contributed by atoms with Crippen LogP contribution in [0.15, 0.2) is 23.2 Å². The van der Waals surface area contributed by atoms with Crippen LogP contribution < -0.4 is 5.73 Å². The van der Waals surface area contributed by atoms with Crippen molar-refractivity contribution < 1.29 is 9.53 Å². The molecule has 0 bridgehead atoms. The summed E-state index contributed by atoms with van der Waals surface area (Å²) in [5.41, 5.74) is 7.45. The number of nitrogens with two attached hydrogens (primary N) is 1. The van der Waals surface area contributed by atoms with E-state index in [0.717, 1.165) is 11.4 Å². The van der Waals surface area contributed by atoms with Crippen molar-refractivity contribution in [2.24, 2.45) is 10.7 Å². The Balaban J connectivity index is 0.00000312. The number of pyridine rings is 1. The molecule has 1 amide bonds. The summed E-state index contributed by atoms with van der Waals surface area (Å²) in [6.07, 6.45) is -0.276. The Bertz CT molecular complexity index is 607. The minimum Gasteiger partial charge on any atom is -0.444 e. The van der Waals surface area contributed by atoms with Gasteiger partial charge in [0.1, 0.15) is 5.60 Å². The molecule has 140 valence electrons. The zero-order valence-electron chi connectivity index (χ0n) is 15.4. The Morgan fingerprint density at radius 1 is 1.24 bits per heavy atom. The molecular formula is C17H28IN5O2. The summed E-state index contributed by atoms with van der Waals surface area (Å²) in [5, 5.41) is 0. The number of nitrogens with zero attached hydrogens (tertiary/aromatic N) is 4. The number of aromatic nitrogens is 1. The maximum atomic E-state index is 12.0. The van der Waals surface area contributed by atoms with Crippen molar-refractivity contribution >= 4 is 36.0 Å². The molecule has 2 heterocycles. The number of aryl methyl sites for hydroxylation is 1. The number of hydrogen-bond donors (Lipinski definition) is 1. The highest BCUT2D eigenvalue weighted by molar-refractivity contribution is 14.0. The first-order valence-electron chi connectivity index (χ1n) is 8.20. The Hall–Kier alpha value is -1.58. The number of carbonyl (C=O) groups excluding carboxylic acids is 1. The van der Waals surface area contributed by atoms with Crippen LogP contribution in [0, 0.1) is 6.92 Å². The van der Waals surface area contributed by atoms with Gasteiger partial charge in [0.15, 0.2) is 5.96 Å². The Morgan fingerprint density at radius 3 is 2.40 bits per heavy atom. The standard InChI is InChI=1S/C17H27N5O2.HI/c1-13-6-5-7-14(20-13)12-19-15(18)21-8-10-22(11-9-21)16(23)24-17(2,3)4;/h5-7H,8-12H2,1-4H3,(H2,18,19);1H. The Morgan fingerprint density at radius 2 is 1.84 bits per heavy atom. The van der Waals surface area contributed by atoms with E-state index in [4.69, 9.17) is 10.5 Å². The van der Waals surface area contributed by atoms with Gasteiger partial charge in [0, 0.05) is 31.9 Å². The lowest BCUT2D eigenvalue weighted by Gasteiger charge is -2.36. The number of piperazine rings is 1. The van der Waals surface area contributed by atoms with Crippen LogP contribution in [-0.2, 0) is 11.3 Å². The quantitative estimate of drug-likeness (QED) is 0.416. The van der Waals surface area contributed by atoms with Gasteiger partial charge >= 0.3 is 6.09 Å². The molecule has 7 nitrogen and oxygen atoms in total. The van der Waals surface area contributed by atoms with Crippen LogP contribution in [0.1, 0.15) is 32.2 Å². The number of rotatable bonds is 2. The number of ether oxygens (including phenoxy) is 1. The number of hydrogen-bond acceptors (Lipinski definition) is 4. The highest BCUT2D eigenvalue weighted by Gasteiger charge is 2.26. The van der Waals surface area contributed by atoms with Gasteiger partial charge in [-0.05, 0) is 39.8 Å². The lowest BCUT2D eigenvalue weighted by atomic mass is 10.2. The molecule has 0 saturated carbocycles. The summed E-state index contributed by atoms with van der Waals surface area (Å²) in [6, 6.07) is 5.85. The minimum atomic E-state index is -0.477. The molecule has 0 aliphatic carbocycles. The van der Waals surface area contributed by atoms with Gasteiger partial charge in [0.25, 0.3) is 0 Å². The van der Waals surface area contributed by atoms with E-state index < -0.39 is 5.60 Å². The summed E-state index contributed by atoms with van der Waals surface area (Å²) in [6.45, 7) is 10.5. The summed E-state index contributed by atoms with van der Waals surface area (Å²) in [4.78, 5) is 24.6. The third-order valence-corrected chi connectivity index (χ3v) is 3.60. The second-order valence-electron chi connectivity index (χ2n) is 6.90. The molecule has 0 aromatic carbocycles. The van der Waals surface area contributed by atoms with Crippen molar-refractivity contribution in [3.63, 3.8) is 0 Å². The molecule has 1 aromatic heterocycles. The highest BCUT2D eigenvalue weighted by atomic mass is 127. The van der Waals surface area contributed by atoms with Gasteiger partial charge in [-0.1, -0.05) is 6.07 Å².